The zero-order valence-corrected chi connectivity index (χ0v) is 12.8. The average Bonchev–Trinajstić information content (AvgIpc) is 2.60. The molecule has 0 spiro atoms. The topological polar surface area (TPSA) is 64.3 Å². The number of anilines is 1. The molecule has 0 aliphatic carbocycles. The Morgan fingerprint density at radius 1 is 1.09 bits per heavy atom. The van der Waals surface area contributed by atoms with Crippen LogP contribution in [0.2, 0.25) is 0 Å². The molecule has 0 saturated carbocycles. The minimum Gasteiger partial charge on any atom is -0.477 e. The van der Waals surface area contributed by atoms with E-state index in [1.165, 1.54) is 31.0 Å². The summed E-state index contributed by atoms with van der Waals surface area (Å²) in [7, 11) is 0. The molecule has 0 bridgehead atoms. The van der Waals surface area contributed by atoms with Gasteiger partial charge in [0.15, 0.2) is 0 Å². The molecular weight excluding hydrogens is 288 g/mol. The lowest BCUT2D eigenvalue weighted by Gasteiger charge is -2.30. The molecule has 4 nitrogen and oxygen atoms in total. The first-order valence-electron chi connectivity index (χ1n) is 7.82. The summed E-state index contributed by atoms with van der Waals surface area (Å²) in [6.07, 6.45) is 5.13. The van der Waals surface area contributed by atoms with Gasteiger partial charge < -0.3 is 10.0 Å². The highest BCUT2D eigenvalue weighted by molar-refractivity contribution is 6.03. The molecule has 23 heavy (non-hydrogen) atoms. The monoisotopic (exact) mass is 306 g/mol. The molecule has 0 atom stereocenters. The van der Waals surface area contributed by atoms with Gasteiger partial charge >= 0.3 is 5.97 Å². The fraction of sp³-hybridized carbons (Fsp3) is 0.263. The molecule has 1 fully saturated rings. The Kier molecular flexibility index (Phi) is 4.29. The van der Waals surface area contributed by atoms with Crippen LogP contribution < -0.4 is 4.90 Å². The van der Waals surface area contributed by atoms with E-state index in [4.69, 9.17) is 10.4 Å². The Balaban J connectivity index is 2.13. The van der Waals surface area contributed by atoms with Crippen LogP contribution in [0.25, 0.3) is 16.8 Å². The van der Waals surface area contributed by atoms with Crippen LogP contribution in [0.5, 0.6) is 0 Å². The van der Waals surface area contributed by atoms with Gasteiger partial charge in [-0.2, -0.15) is 5.26 Å². The summed E-state index contributed by atoms with van der Waals surface area (Å²) in [5.74, 6) is -1.20. The largest absolute Gasteiger partial charge is 0.477 e. The maximum absolute atomic E-state index is 11.1. The third-order valence-corrected chi connectivity index (χ3v) is 4.28. The van der Waals surface area contributed by atoms with Crippen molar-refractivity contribution in [2.45, 2.75) is 19.3 Å². The molecule has 0 aromatic heterocycles. The third kappa shape index (κ3) is 3.04. The molecule has 1 heterocycles. The van der Waals surface area contributed by atoms with E-state index in [1.54, 1.807) is 6.07 Å². The van der Waals surface area contributed by atoms with E-state index in [2.05, 4.69) is 11.0 Å². The quantitative estimate of drug-likeness (QED) is 0.691. The number of aliphatic carboxylic acids is 1. The molecule has 1 aliphatic heterocycles. The van der Waals surface area contributed by atoms with E-state index in [1.807, 2.05) is 30.3 Å². The molecule has 2 aromatic rings. The molecule has 0 amide bonds. The van der Waals surface area contributed by atoms with Crippen molar-refractivity contribution in [3.05, 3.63) is 47.5 Å². The highest BCUT2D eigenvalue weighted by Crippen LogP contribution is 2.32. The lowest BCUT2D eigenvalue weighted by Crippen LogP contribution is -2.29. The summed E-state index contributed by atoms with van der Waals surface area (Å²) < 4.78 is 0. The molecule has 4 heteroatoms. The summed E-state index contributed by atoms with van der Waals surface area (Å²) in [5, 5.41) is 20.1. The number of benzene rings is 2. The Bertz CT molecular complexity index is 812. The van der Waals surface area contributed by atoms with E-state index in [-0.39, 0.29) is 5.57 Å². The van der Waals surface area contributed by atoms with Crippen LogP contribution in [-0.2, 0) is 4.79 Å². The second kappa shape index (κ2) is 6.53. The van der Waals surface area contributed by atoms with Gasteiger partial charge in [-0.1, -0.05) is 30.3 Å². The molecule has 1 aliphatic rings. The molecule has 1 N–H and O–H groups in total. The Labute approximate surface area is 135 Å². The first kappa shape index (κ1) is 15.1. The smallest absolute Gasteiger partial charge is 0.346 e. The fourth-order valence-electron chi connectivity index (χ4n) is 3.14. The van der Waals surface area contributed by atoms with Gasteiger partial charge in [-0.25, -0.2) is 4.79 Å². The number of nitriles is 1. The van der Waals surface area contributed by atoms with Gasteiger partial charge in [0.1, 0.15) is 11.6 Å². The van der Waals surface area contributed by atoms with Crippen molar-refractivity contribution < 1.29 is 9.90 Å². The van der Waals surface area contributed by atoms with Crippen LogP contribution in [-0.4, -0.2) is 24.2 Å². The fourth-order valence-corrected chi connectivity index (χ4v) is 3.14. The number of carbonyl (C=O) groups is 1. The highest BCUT2D eigenvalue weighted by Gasteiger charge is 2.15. The average molecular weight is 306 g/mol. The predicted molar refractivity (Wildman–Crippen MR) is 91.2 cm³/mol. The van der Waals surface area contributed by atoms with Crippen molar-refractivity contribution in [1.82, 2.24) is 0 Å². The molecule has 2 aromatic carbocycles. The standard InChI is InChI=1S/C19H18N2O2/c20-13-15(19(22)23)12-14-8-9-18(21-10-4-1-5-11-21)17-7-3-2-6-16(14)17/h2-3,6-9,12H,1,4-5,10-11H2,(H,22,23)/b15-12+. The number of fused-ring (bicyclic) bond motifs is 1. The number of piperidine rings is 1. The highest BCUT2D eigenvalue weighted by atomic mass is 16.4. The number of rotatable bonds is 3. The lowest BCUT2D eigenvalue weighted by atomic mass is 9.99. The van der Waals surface area contributed by atoms with Crippen LogP contribution in [0.3, 0.4) is 0 Å². The number of hydrogen-bond acceptors (Lipinski definition) is 3. The molecule has 1 saturated heterocycles. The number of carboxylic acid groups (broad SMARTS) is 1. The van der Waals surface area contributed by atoms with E-state index in [9.17, 15) is 4.79 Å². The Morgan fingerprint density at radius 3 is 2.43 bits per heavy atom. The van der Waals surface area contributed by atoms with E-state index in [0.717, 1.165) is 29.4 Å². The summed E-state index contributed by atoms with van der Waals surface area (Å²) in [6.45, 7) is 2.11. The van der Waals surface area contributed by atoms with Crippen LogP contribution in [0.15, 0.2) is 42.0 Å². The van der Waals surface area contributed by atoms with E-state index < -0.39 is 5.97 Å². The third-order valence-electron chi connectivity index (χ3n) is 4.28. The predicted octanol–water partition coefficient (Wildman–Crippen LogP) is 3.82. The van der Waals surface area contributed by atoms with Gasteiger partial charge in [0.05, 0.1) is 0 Å². The van der Waals surface area contributed by atoms with Gasteiger partial charge in [-0.05, 0) is 42.4 Å². The zero-order valence-electron chi connectivity index (χ0n) is 12.8. The maximum Gasteiger partial charge on any atom is 0.346 e. The van der Waals surface area contributed by atoms with Gasteiger partial charge in [-0.15, -0.1) is 0 Å². The summed E-state index contributed by atoms with van der Waals surface area (Å²) in [5.41, 5.74) is 1.70. The van der Waals surface area contributed by atoms with Crippen LogP contribution in [0.1, 0.15) is 24.8 Å². The van der Waals surface area contributed by atoms with Gasteiger partial charge in [0.25, 0.3) is 0 Å². The van der Waals surface area contributed by atoms with Crippen molar-refractivity contribution in [3.63, 3.8) is 0 Å². The molecular formula is C19H18N2O2. The van der Waals surface area contributed by atoms with Crippen molar-refractivity contribution >= 4 is 28.5 Å². The molecule has 0 unspecified atom stereocenters. The lowest BCUT2D eigenvalue weighted by molar-refractivity contribution is -0.132. The van der Waals surface area contributed by atoms with Crippen molar-refractivity contribution in [1.29, 1.82) is 5.26 Å². The molecule has 3 rings (SSSR count). The van der Waals surface area contributed by atoms with Crippen molar-refractivity contribution in [3.8, 4) is 6.07 Å². The summed E-state index contributed by atoms with van der Waals surface area (Å²) in [6, 6.07) is 13.7. The maximum atomic E-state index is 11.1. The normalized spacial score (nSPS) is 15.4. The zero-order chi connectivity index (χ0) is 16.2. The van der Waals surface area contributed by atoms with Gasteiger partial charge in [-0.3, -0.25) is 0 Å². The minimum absolute atomic E-state index is 0.249. The van der Waals surface area contributed by atoms with Crippen LogP contribution in [0.4, 0.5) is 5.69 Å². The number of carboxylic acids is 1. The molecule has 116 valence electrons. The summed E-state index contributed by atoms with van der Waals surface area (Å²) in [4.78, 5) is 13.5. The second-order valence-electron chi connectivity index (χ2n) is 5.74. The van der Waals surface area contributed by atoms with Gasteiger partial charge in [0.2, 0.25) is 0 Å². The number of nitrogens with zero attached hydrogens (tertiary/aromatic N) is 2. The SMILES string of the molecule is N#C/C(=C\c1ccc(N2CCCCC2)c2ccccc12)C(=O)O. The Hall–Kier alpha value is -2.80. The summed E-state index contributed by atoms with van der Waals surface area (Å²) >= 11 is 0. The van der Waals surface area contributed by atoms with Crippen LogP contribution >= 0.6 is 0 Å². The van der Waals surface area contributed by atoms with Crippen molar-refractivity contribution in [2.75, 3.05) is 18.0 Å². The number of hydrogen-bond donors (Lipinski definition) is 1. The second-order valence-corrected chi connectivity index (χ2v) is 5.74. The van der Waals surface area contributed by atoms with E-state index in [0.29, 0.717) is 0 Å². The van der Waals surface area contributed by atoms with E-state index >= 15 is 0 Å². The van der Waals surface area contributed by atoms with Crippen LogP contribution in [0, 0.1) is 11.3 Å². The molecule has 0 radical (unpaired) electrons. The first-order valence-corrected chi connectivity index (χ1v) is 7.82. The van der Waals surface area contributed by atoms with Gasteiger partial charge in [0, 0.05) is 24.2 Å². The first-order chi connectivity index (χ1) is 11.2. The van der Waals surface area contributed by atoms with Crippen molar-refractivity contribution in [2.24, 2.45) is 0 Å². The minimum atomic E-state index is -1.20. The Morgan fingerprint density at radius 2 is 1.78 bits per heavy atom.